The monoisotopic (exact) mass is 338 g/mol. The largest absolute Gasteiger partial charge is 0.479 e. The van der Waals surface area contributed by atoms with Crippen molar-refractivity contribution >= 4 is 11.8 Å². The Morgan fingerprint density at radius 2 is 1.92 bits per heavy atom. The van der Waals surface area contributed by atoms with Crippen LogP contribution in [-0.4, -0.2) is 17.9 Å². The number of rotatable bonds is 4. The molecule has 0 amide bonds. The Morgan fingerprint density at radius 3 is 2.68 bits per heavy atom. The molecular weight excluding hydrogens is 316 g/mol. The second-order valence-electron chi connectivity index (χ2n) is 6.51. The molecule has 0 heterocycles. The number of ether oxygens (including phenoxy) is 2. The van der Waals surface area contributed by atoms with Gasteiger partial charge in [0.25, 0.3) is 0 Å². The lowest BCUT2D eigenvalue weighted by molar-refractivity contribution is -0.141. The number of Topliss-reactive ketones (excluding diaryl/α,β-unsaturated/α-hetero) is 1. The van der Waals surface area contributed by atoms with Gasteiger partial charge in [0.05, 0.1) is 5.56 Å². The SMILES string of the molecule is Cc1cccc(O[C@@H](C)C(=O)Oc2ccc(C)c3c2C(=O)CCC3)c1. The lowest BCUT2D eigenvalue weighted by atomic mass is 9.87. The molecule has 1 aliphatic carbocycles. The Kier molecular flexibility index (Phi) is 4.88. The Balaban J connectivity index is 1.78. The van der Waals surface area contributed by atoms with E-state index in [1.54, 1.807) is 19.1 Å². The van der Waals surface area contributed by atoms with E-state index in [4.69, 9.17) is 9.47 Å². The Labute approximate surface area is 147 Å². The maximum atomic E-state index is 12.4. The highest BCUT2D eigenvalue weighted by Gasteiger charge is 2.26. The lowest BCUT2D eigenvalue weighted by Gasteiger charge is -2.21. The van der Waals surface area contributed by atoms with Crippen LogP contribution in [0.2, 0.25) is 0 Å². The molecule has 3 rings (SSSR count). The molecule has 0 spiro atoms. The van der Waals surface area contributed by atoms with E-state index in [-0.39, 0.29) is 5.78 Å². The normalized spacial score (nSPS) is 14.6. The lowest BCUT2D eigenvalue weighted by Crippen LogP contribution is -2.29. The van der Waals surface area contributed by atoms with Crippen LogP contribution in [0.3, 0.4) is 0 Å². The first-order valence-corrected chi connectivity index (χ1v) is 8.56. The minimum Gasteiger partial charge on any atom is -0.479 e. The molecular formula is C21H22O4. The van der Waals surface area contributed by atoms with E-state index in [9.17, 15) is 9.59 Å². The molecule has 0 N–H and O–H groups in total. The van der Waals surface area contributed by atoms with Gasteiger partial charge in [0.2, 0.25) is 0 Å². The summed E-state index contributed by atoms with van der Waals surface area (Å²) in [5.74, 6) is 0.493. The number of carbonyl (C=O) groups is 2. The first-order valence-electron chi connectivity index (χ1n) is 8.56. The fraction of sp³-hybridized carbons (Fsp3) is 0.333. The highest BCUT2D eigenvalue weighted by molar-refractivity contribution is 6.02. The number of esters is 1. The average molecular weight is 338 g/mol. The van der Waals surface area contributed by atoms with Crippen LogP contribution in [0.15, 0.2) is 36.4 Å². The van der Waals surface area contributed by atoms with Crippen LogP contribution in [0, 0.1) is 13.8 Å². The number of fused-ring (bicyclic) bond motifs is 1. The third-order valence-corrected chi connectivity index (χ3v) is 4.46. The quantitative estimate of drug-likeness (QED) is 0.619. The van der Waals surface area contributed by atoms with Crippen molar-refractivity contribution in [1.82, 2.24) is 0 Å². The van der Waals surface area contributed by atoms with Crippen LogP contribution in [0.4, 0.5) is 0 Å². The molecule has 4 nitrogen and oxygen atoms in total. The van der Waals surface area contributed by atoms with Crippen molar-refractivity contribution in [3.8, 4) is 11.5 Å². The van der Waals surface area contributed by atoms with E-state index in [0.29, 0.717) is 23.5 Å². The smallest absolute Gasteiger partial charge is 0.352 e. The molecule has 0 bridgehead atoms. The molecule has 0 radical (unpaired) electrons. The third kappa shape index (κ3) is 3.73. The standard InChI is InChI=1S/C21H22O4/c1-13-6-4-7-16(12-13)24-15(3)21(23)25-19-11-10-14(2)17-8-5-9-18(22)20(17)19/h4,6-7,10-12,15H,5,8-9H2,1-3H3/t15-/m0/s1. The van der Waals surface area contributed by atoms with Crippen LogP contribution < -0.4 is 9.47 Å². The number of benzene rings is 2. The number of aryl methyl sites for hydroxylation is 2. The summed E-state index contributed by atoms with van der Waals surface area (Å²) in [6.07, 6.45) is 1.42. The van der Waals surface area contributed by atoms with Crippen molar-refractivity contribution in [3.05, 3.63) is 58.7 Å². The Hall–Kier alpha value is -2.62. The van der Waals surface area contributed by atoms with Gasteiger partial charge in [-0.2, -0.15) is 0 Å². The zero-order valence-electron chi connectivity index (χ0n) is 14.8. The summed E-state index contributed by atoms with van der Waals surface area (Å²) in [4.78, 5) is 24.7. The molecule has 25 heavy (non-hydrogen) atoms. The van der Waals surface area contributed by atoms with Gasteiger partial charge in [-0.1, -0.05) is 18.2 Å². The van der Waals surface area contributed by atoms with Gasteiger partial charge in [0, 0.05) is 6.42 Å². The predicted octanol–water partition coefficient (Wildman–Crippen LogP) is 4.20. The van der Waals surface area contributed by atoms with Crippen molar-refractivity contribution < 1.29 is 19.1 Å². The highest BCUT2D eigenvalue weighted by Crippen LogP contribution is 2.32. The van der Waals surface area contributed by atoms with Gasteiger partial charge in [-0.15, -0.1) is 0 Å². The molecule has 0 unspecified atom stereocenters. The molecule has 1 atom stereocenters. The summed E-state index contributed by atoms with van der Waals surface area (Å²) in [5.41, 5.74) is 3.67. The predicted molar refractivity (Wildman–Crippen MR) is 95.4 cm³/mol. The van der Waals surface area contributed by atoms with Crippen LogP contribution in [0.1, 0.15) is 46.8 Å². The van der Waals surface area contributed by atoms with Crippen molar-refractivity contribution in [3.63, 3.8) is 0 Å². The van der Waals surface area contributed by atoms with Gasteiger partial charge in [-0.05, 0) is 68.5 Å². The Morgan fingerprint density at radius 1 is 1.12 bits per heavy atom. The Bertz CT molecular complexity index is 823. The average Bonchev–Trinajstić information content (AvgIpc) is 2.57. The summed E-state index contributed by atoms with van der Waals surface area (Å²) >= 11 is 0. The van der Waals surface area contributed by atoms with Gasteiger partial charge in [-0.25, -0.2) is 4.79 Å². The summed E-state index contributed by atoms with van der Waals surface area (Å²) < 4.78 is 11.2. The minimum atomic E-state index is -0.766. The summed E-state index contributed by atoms with van der Waals surface area (Å²) in [6, 6.07) is 11.1. The molecule has 1 aliphatic rings. The summed E-state index contributed by atoms with van der Waals surface area (Å²) in [5, 5.41) is 0. The summed E-state index contributed by atoms with van der Waals surface area (Å²) in [7, 11) is 0. The molecule has 2 aromatic rings. The van der Waals surface area contributed by atoms with Crippen LogP contribution in [0.25, 0.3) is 0 Å². The topological polar surface area (TPSA) is 52.6 Å². The van der Waals surface area contributed by atoms with Crippen molar-refractivity contribution in [2.75, 3.05) is 0 Å². The van der Waals surface area contributed by atoms with Gasteiger partial charge in [-0.3, -0.25) is 4.79 Å². The van der Waals surface area contributed by atoms with E-state index < -0.39 is 12.1 Å². The van der Waals surface area contributed by atoms with Crippen LogP contribution >= 0.6 is 0 Å². The first-order chi connectivity index (χ1) is 12.0. The second-order valence-corrected chi connectivity index (χ2v) is 6.51. The molecule has 2 aromatic carbocycles. The van der Waals surface area contributed by atoms with E-state index in [1.807, 2.05) is 38.1 Å². The summed E-state index contributed by atoms with van der Waals surface area (Å²) in [6.45, 7) is 5.58. The zero-order valence-corrected chi connectivity index (χ0v) is 14.8. The molecule has 0 aromatic heterocycles. The number of hydrogen-bond acceptors (Lipinski definition) is 4. The van der Waals surface area contributed by atoms with Gasteiger partial charge in [0.15, 0.2) is 11.9 Å². The van der Waals surface area contributed by atoms with Crippen LogP contribution in [-0.2, 0) is 11.2 Å². The molecule has 4 heteroatoms. The number of hydrogen-bond donors (Lipinski definition) is 0. The fourth-order valence-electron chi connectivity index (χ4n) is 3.13. The minimum absolute atomic E-state index is 0.0417. The number of ketones is 1. The van der Waals surface area contributed by atoms with Crippen molar-refractivity contribution in [1.29, 1.82) is 0 Å². The zero-order chi connectivity index (χ0) is 18.0. The molecule has 0 saturated heterocycles. The van der Waals surface area contributed by atoms with E-state index >= 15 is 0 Å². The third-order valence-electron chi connectivity index (χ3n) is 4.46. The molecule has 0 fully saturated rings. The molecule has 130 valence electrons. The van der Waals surface area contributed by atoms with E-state index in [0.717, 1.165) is 29.5 Å². The fourth-order valence-corrected chi connectivity index (χ4v) is 3.13. The second kappa shape index (κ2) is 7.09. The van der Waals surface area contributed by atoms with Gasteiger partial charge >= 0.3 is 5.97 Å². The first kappa shape index (κ1) is 17.2. The maximum Gasteiger partial charge on any atom is 0.352 e. The molecule has 0 aliphatic heterocycles. The van der Waals surface area contributed by atoms with Crippen molar-refractivity contribution in [2.24, 2.45) is 0 Å². The van der Waals surface area contributed by atoms with E-state index in [2.05, 4.69) is 0 Å². The molecule has 0 saturated carbocycles. The van der Waals surface area contributed by atoms with Crippen molar-refractivity contribution in [2.45, 2.75) is 46.1 Å². The highest BCUT2D eigenvalue weighted by atomic mass is 16.6. The van der Waals surface area contributed by atoms with E-state index in [1.165, 1.54) is 0 Å². The van der Waals surface area contributed by atoms with Crippen LogP contribution in [0.5, 0.6) is 11.5 Å². The number of carbonyl (C=O) groups excluding carboxylic acids is 2. The maximum absolute atomic E-state index is 12.4. The van der Waals surface area contributed by atoms with Gasteiger partial charge < -0.3 is 9.47 Å². The van der Waals surface area contributed by atoms with Gasteiger partial charge in [0.1, 0.15) is 11.5 Å².